The van der Waals surface area contributed by atoms with Crippen molar-refractivity contribution in [1.29, 1.82) is 0 Å². The number of nitrogens with zero attached hydrogens (tertiary/aromatic N) is 3. The first kappa shape index (κ1) is 12.7. The Bertz CT molecular complexity index is 632. The van der Waals surface area contributed by atoms with Crippen LogP contribution in [0.4, 0.5) is 5.82 Å². The second-order valence-corrected chi connectivity index (χ2v) is 4.75. The smallest absolute Gasteiger partial charge is 0.253 e. The molecule has 96 valence electrons. The number of aromatic nitrogens is 4. The van der Waals surface area contributed by atoms with Gasteiger partial charge in [-0.2, -0.15) is 5.10 Å². The normalized spacial score (nSPS) is 10.8. The first-order valence-electron chi connectivity index (χ1n) is 5.28. The minimum Gasteiger partial charge on any atom is -0.383 e. The first-order valence-corrected chi connectivity index (χ1v) is 6.10. The maximum atomic E-state index is 11.3. The molecule has 2 aromatic heterocycles. The minimum absolute atomic E-state index is 0.189. The summed E-state index contributed by atoms with van der Waals surface area (Å²) < 4.78 is 1.71. The molecule has 5 N–H and O–H groups in total. The Morgan fingerprint density at radius 1 is 1.56 bits per heavy atom. The molecule has 8 heteroatoms. The van der Waals surface area contributed by atoms with Crippen molar-refractivity contribution in [1.82, 2.24) is 19.7 Å². The van der Waals surface area contributed by atoms with Crippen LogP contribution in [0, 0.1) is 6.92 Å². The predicted molar refractivity (Wildman–Crippen MR) is 69.2 cm³/mol. The summed E-state index contributed by atoms with van der Waals surface area (Å²) in [5.41, 5.74) is 12.8. The highest BCUT2D eigenvalue weighted by Gasteiger charge is 2.14. The summed E-state index contributed by atoms with van der Waals surface area (Å²) in [4.78, 5) is 18.0. The topological polar surface area (TPSA) is 116 Å². The van der Waals surface area contributed by atoms with Crippen LogP contribution in [0.5, 0.6) is 0 Å². The molecule has 2 aromatic rings. The Hall–Kier alpha value is -1.80. The molecule has 0 aliphatic heterocycles. The third-order valence-corrected chi connectivity index (χ3v) is 3.52. The lowest BCUT2D eigenvalue weighted by Gasteiger charge is -2.04. The Morgan fingerprint density at radius 3 is 2.89 bits per heavy atom. The molecule has 18 heavy (non-hydrogen) atoms. The Morgan fingerprint density at radius 2 is 2.28 bits per heavy atom. The molecule has 0 radical (unpaired) electrons. The number of nitrogens with one attached hydrogen (secondary N) is 1. The molecule has 0 saturated carbocycles. The summed E-state index contributed by atoms with van der Waals surface area (Å²) in [6, 6.07) is 1.24. The number of hydrogen-bond acceptors (Lipinski definition) is 6. The van der Waals surface area contributed by atoms with Gasteiger partial charge in [-0.05, 0) is 18.7 Å². The van der Waals surface area contributed by atoms with Gasteiger partial charge in [-0.1, -0.05) is 0 Å². The molecule has 0 spiro atoms. The molecular weight excluding hydrogens is 252 g/mol. The largest absolute Gasteiger partial charge is 0.383 e. The fraction of sp³-hybridized carbons (Fsp3) is 0.300. The van der Waals surface area contributed by atoms with Gasteiger partial charge in [-0.15, -0.1) is 0 Å². The maximum Gasteiger partial charge on any atom is 0.253 e. The van der Waals surface area contributed by atoms with Crippen molar-refractivity contribution < 1.29 is 0 Å². The van der Waals surface area contributed by atoms with Gasteiger partial charge in [0.15, 0.2) is 5.16 Å². The van der Waals surface area contributed by atoms with E-state index >= 15 is 0 Å². The highest BCUT2D eigenvalue weighted by atomic mass is 32.2. The summed E-state index contributed by atoms with van der Waals surface area (Å²) >= 11 is 1.29. The van der Waals surface area contributed by atoms with E-state index in [1.807, 2.05) is 14.0 Å². The second kappa shape index (κ2) is 4.83. The average Bonchev–Trinajstić information content (AvgIpc) is 2.52. The number of aryl methyl sites for hydroxylation is 2. The van der Waals surface area contributed by atoms with Crippen LogP contribution in [0.15, 0.2) is 21.0 Å². The predicted octanol–water partition coefficient (Wildman–Crippen LogP) is 0.00392. The fourth-order valence-corrected chi connectivity index (χ4v) is 2.65. The zero-order valence-corrected chi connectivity index (χ0v) is 10.9. The molecule has 0 bridgehead atoms. The van der Waals surface area contributed by atoms with E-state index in [1.165, 1.54) is 17.8 Å². The third-order valence-electron chi connectivity index (χ3n) is 2.43. The van der Waals surface area contributed by atoms with Gasteiger partial charge in [0.25, 0.3) is 5.56 Å². The Balaban J connectivity index is 2.42. The Labute approximate surface area is 108 Å². The monoisotopic (exact) mass is 266 g/mol. The van der Waals surface area contributed by atoms with Gasteiger partial charge < -0.3 is 16.5 Å². The second-order valence-electron chi connectivity index (χ2n) is 3.77. The molecular formula is C10H14N6OS. The van der Waals surface area contributed by atoms with E-state index in [0.29, 0.717) is 11.7 Å². The lowest BCUT2D eigenvalue weighted by atomic mass is 10.3. The number of H-pyrrole nitrogens is 1. The molecule has 2 rings (SSSR count). The van der Waals surface area contributed by atoms with Crippen molar-refractivity contribution in [3.63, 3.8) is 0 Å². The van der Waals surface area contributed by atoms with E-state index in [0.717, 1.165) is 16.3 Å². The standard InChI is InChI=1S/C10H14N6OS/c1-5-6(4-11)9(16(2)15-5)18-10-13-7(12)3-8(17)14-10/h3H,4,11H2,1-2H3,(H3,12,13,14,17). The molecule has 0 atom stereocenters. The van der Waals surface area contributed by atoms with Gasteiger partial charge in [0, 0.05) is 25.2 Å². The van der Waals surface area contributed by atoms with Crippen LogP contribution in [-0.4, -0.2) is 19.7 Å². The zero-order valence-electron chi connectivity index (χ0n) is 10.1. The number of rotatable bonds is 3. The van der Waals surface area contributed by atoms with Crippen LogP contribution in [-0.2, 0) is 13.6 Å². The maximum absolute atomic E-state index is 11.3. The molecule has 0 aromatic carbocycles. The number of aromatic amines is 1. The molecule has 0 fully saturated rings. The highest BCUT2D eigenvalue weighted by Crippen LogP contribution is 2.28. The summed E-state index contributed by atoms with van der Waals surface area (Å²) in [7, 11) is 1.82. The molecule has 0 amide bonds. The zero-order chi connectivity index (χ0) is 13.3. The minimum atomic E-state index is -0.279. The van der Waals surface area contributed by atoms with E-state index in [2.05, 4.69) is 15.1 Å². The van der Waals surface area contributed by atoms with Gasteiger partial charge in [0.1, 0.15) is 10.8 Å². The lowest BCUT2D eigenvalue weighted by Crippen LogP contribution is -2.10. The molecule has 0 aliphatic rings. The Kier molecular flexibility index (Phi) is 3.39. The van der Waals surface area contributed by atoms with Crippen molar-refractivity contribution in [3.8, 4) is 0 Å². The first-order chi connectivity index (χ1) is 8.51. The van der Waals surface area contributed by atoms with Crippen LogP contribution in [0.3, 0.4) is 0 Å². The van der Waals surface area contributed by atoms with Crippen LogP contribution in [0.2, 0.25) is 0 Å². The SMILES string of the molecule is Cc1nn(C)c(Sc2nc(N)cc(=O)[nH]2)c1CN. The van der Waals surface area contributed by atoms with Crippen molar-refractivity contribution in [3.05, 3.63) is 27.7 Å². The lowest BCUT2D eigenvalue weighted by molar-refractivity contribution is 0.687. The van der Waals surface area contributed by atoms with Crippen molar-refractivity contribution in [2.45, 2.75) is 23.7 Å². The van der Waals surface area contributed by atoms with Crippen molar-refractivity contribution in [2.75, 3.05) is 5.73 Å². The number of nitrogens with two attached hydrogens (primary N) is 2. The summed E-state index contributed by atoms with van der Waals surface area (Å²) in [5.74, 6) is 0.189. The summed E-state index contributed by atoms with van der Waals surface area (Å²) in [6.45, 7) is 2.27. The van der Waals surface area contributed by atoms with Crippen molar-refractivity contribution in [2.24, 2.45) is 12.8 Å². The quantitative estimate of drug-likeness (QED) is 0.674. The van der Waals surface area contributed by atoms with Gasteiger partial charge in [-0.3, -0.25) is 9.48 Å². The van der Waals surface area contributed by atoms with E-state index in [4.69, 9.17) is 11.5 Å². The fourth-order valence-electron chi connectivity index (χ4n) is 1.64. The number of hydrogen-bond donors (Lipinski definition) is 3. The summed E-state index contributed by atoms with van der Waals surface area (Å²) in [6.07, 6.45) is 0. The molecule has 0 unspecified atom stereocenters. The van der Waals surface area contributed by atoms with Crippen molar-refractivity contribution >= 4 is 17.6 Å². The van der Waals surface area contributed by atoms with E-state index in [9.17, 15) is 4.79 Å². The highest BCUT2D eigenvalue weighted by molar-refractivity contribution is 7.99. The van der Waals surface area contributed by atoms with Gasteiger partial charge in [0.2, 0.25) is 0 Å². The van der Waals surface area contributed by atoms with E-state index in [1.54, 1.807) is 4.68 Å². The molecule has 2 heterocycles. The van der Waals surface area contributed by atoms with Crippen LogP contribution < -0.4 is 17.0 Å². The number of nitrogen functional groups attached to an aromatic ring is 1. The molecule has 0 saturated heterocycles. The van der Waals surface area contributed by atoms with Gasteiger partial charge in [-0.25, -0.2) is 4.98 Å². The van der Waals surface area contributed by atoms with Gasteiger partial charge in [0.05, 0.1) is 5.69 Å². The van der Waals surface area contributed by atoms with E-state index < -0.39 is 0 Å². The molecule has 7 nitrogen and oxygen atoms in total. The van der Waals surface area contributed by atoms with Gasteiger partial charge >= 0.3 is 0 Å². The van der Waals surface area contributed by atoms with Crippen LogP contribution in [0.1, 0.15) is 11.3 Å². The number of anilines is 1. The van der Waals surface area contributed by atoms with Crippen LogP contribution in [0.25, 0.3) is 0 Å². The average molecular weight is 266 g/mol. The molecule has 0 aliphatic carbocycles. The third kappa shape index (κ3) is 2.39. The van der Waals surface area contributed by atoms with Crippen LogP contribution >= 0.6 is 11.8 Å². The summed E-state index contributed by atoms with van der Waals surface area (Å²) in [5, 5.41) is 5.57. The van der Waals surface area contributed by atoms with E-state index in [-0.39, 0.29) is 11.4 Å².